The molecule has 0 amide bonds. The van der Waals surface area contributed by atoms with Crippen molar-refractivity contribution in [2.45, 2.75) is 113 Å². The molecule has 0 radical (unpaired) electrons. The molecule has 54 heavy (non-hydrogen) atoms. The number of ether oxygens (including phenoxy) is 1. The number of halogens is 1. The number of methoxy groups -OCH3 is 1. The Hall–Kier alpha value is -5.00. The van der Waals surface area contributed by atoms with Crippen molar-refractivity contribution in [3.63, 3.8) is 0 Å². The Morgan fingerprint density at radius 1 is 0.648 bits per heavy atom. The van der Waals surface area contributed by atoms with Gasteiger partial charge in [0.05, 0.1) is 23.8 Å². The number of carbonyl (C=O) groups is 1. The summed E-state index contributed by atoms with van der Waals surface area (Å²) in [6.07, 6.45) is 6.95. The van der Waals surface area contributed by atoms with Gasteiger partial charge in [-0.3, -0.25) is 24.7 Å². The van der Waals surface area contributed by atoms with Gasteiger partial charge < -0.3 is 4.74 Å². The lowest BCUT2D eigenvalue weighted by molar-refractivity contribution is 0.101. The first kappa shape index (κ1) is 47.0. The van der Waals surface area contributed by atoms with Crippen molar-refractivity contribution < 1.29 is 9.53 Å². The molecule has 0 fully saturated rings. The van der Waals surface area contributed by atoms with Gasteiger partial charge in [0.2, 0.25) is 5.88 Å². The van der Waals surface area contributed by atoms with Crippen molar-refractivity contribution in [2.24, 2.45) is 0 Å². The Balaban J connectivity index is 0.000000338. The fourth-order valence-electron chi connectivity index (χ4n) is 4.23. The Kier molecular flexibility index (Phi) is 21.9. The monoisotopic (exact) mass is 750 g/mol. The third kappa shape index (κ3) is 18.7. The van der Waals surface area contributed by atoms with Crippen LogP contribution in [0.25, 0.3) is 0 Å². The van der Waals surface area contributed by atoms with Crippen molar-refractivity contribution >= 4 is 17.4 Å². The number of hydrogen-bond donors (Lipinski definition) is 0. The maximum Gasteiger partial charge on any atom is 0.213 e. The summed E-state index contributed by atoms with van der Waals surface area (Å²) in [4.78, 5) is 32.0. The highest BCUT2D eigenvalue weighted by Gasteiger charge is 2.04. The third-order valence-corrected chi connectivity index (χ3v) is 7.92. The third-order valence-electron chi connectivity index (χ3n) is 7.69. The second-order valence-corrected chi connectivity index (χ2v) is 14.6. The fraction of sp³-hybridized carbons (Fsp3) is 0.400. The van der Waals surface area contributed by atoms with Crippen LogP contribution in [0.5, 0.6) is 5.88 Å². The van der Waals surface area contributed by atoms with E-state index in [0.29, 0.717) is 46.1 Å². The Morgan fingerprint density at radius 3 is 1.61 bits per heavy atom. The molecule has 0 atom stereocenters. The average Bonchev–Trinajstić information content (AvgIpc) is 3.16. The number of hydrogen-bond acceptors (Lipinski definition) is 8. The number of nitrogens with zero attached hydrogens (tertiary/aromatic N) is 6. The summed E-state index contributed by atoms with van der Waals surface area (Å²) in [7, 11) is 1.63. The molecule has 0 unspecified atom stereocenters. The van der Waals surface area contributed by atoms with Gasteiger partial charge in [-0.1, -0.05) is 93.0 Å². The molecule has 0 aliphatic heterocycles. The van der Waals surface area contributed by atoms with E-state index >= 15 is 0 Å². The summed E-state index contributed by atoms with van der Waals surface area (Å²) in [5.41, 5.74) is 7.94. The number of aryl methyl sites for hydroxylation is 1. The Bertz CT molecular complexity index is 1800. The number of rotatable bonds is 7. The Morgan fingerprint density at radius 2 is 1.17 bits per heavy atom. The summed E-state index contributed by atoms with van der Waals surface area (Å²) in [6, 6.07) is 23.0. The quantitative estimate of drug-likeness (QED) is 0.151. The summed E-state index contributed by atoms with van der Waals surface area (Å²) in [5.74, 6) is 3.05. The number of carbonyl (C=O) groups excluding carboxylic acids is 1. The first-order valence-corrected chi connectivity index (χ1v) is 18.7. The molecule has 0 saturated carbocycles. The van der Waals surface area contributed by atoms with E-state index in [4.69, 9.17) is 21.6 Å². The predicted octanol–water partition coefficient (Wildman–Crippen LogP) is 12.1. The molecule has 0 spiro atoms. The van der Waals surface area contributed by atoms with Gasteiger partial charge in [-0.15, -0.1) is 0 Å². The lowest BCUT2D eigenvalue weighted by atomic mass is 10.1. The van der Waals surface area contributed by atoms with Gasteiger partial charge in [-0.25, -0.2) is 4.98 Å². The van der Waals surface area contributed by atoms with E-state index in [2.05, 4.69) is 119 Å². The van der Waals surface area contributed by atoms with Gasteiger partial charge in [0.1, 0.15) is 0 Å². The second kappa shape index (κ2) is 25.1. The zero-order chi connectivity index (χ0) is 40.8. The normalized spacial score (nSPS) is 10.2. The van der Waals surface area contributed by atoms with E-state index in [1.807, 2.05) is 48.7 Å². The minimum Gasteiger partial charge on any atom is -0.481 e. The standard InChI is InChI=1S/C10H13NO.C9H10N2.C9H13NO.C9H13N.C8H10ClN/c1-7(2)10-6-9(8(3)12)4-5-11-10;1-7(2)9-5-8(6-10)3-4-11-9;1-7(2)8-5-4-6-9(10-8)11-3;1-7(2)9-5-4-8(3)6-10-9;1-6(2)8-4-3-7(9)5-10-8/h4-7H,1-3H3;3-5,7H,1-2H3;4-7H,1-3H3;4-7H,1-3H3;3-6H,1-2H3. The first-order chi connectivity index (χ1) is 25.5. The minimum absolute atomic E-state index is 0.0966. The van der Waals surface area contributed by atoms with Crippen LogP contribution in [0, 0.1) is 18.3 Å². The van der Waals surface area contributed by atoms with E-state index in [-0.39, 0.29) is 5.78 Å². The van der Waals surface area contributed by atoms with Gasteiger partial charge in [-0.2, -0.15) is 5.26 Å². The zero-order valence-corrected chi connectivity index (χ0v) is 35.2. The average molecular weight is 751 g/mol. The Labute approximate surface area is 329 Å². The van der Waals surface area contributed by atoms with Crippen LogP contribution in [0.4, 0.5) is 0 Å². The molecule has 0 bridgehead atoms. The van der Waals surface area contributed by atoms with Crippen LogP contribution in [-0.4, -0.2) is 37.8 Å². The molecule has 5 aromatic rings. The van der Waals surface area contributed by atoms with E-state index < -0.39 is 0 Å². The van der Waals surface area contributed by atoms with Crippen molar-refractivity contribution in [3.05, 3.63) is 142 Å². The molecular weight excluding hydrogens is 692 g/mol. The predicted molar refractivity (Wildman–Crippen MR) is 223 cm³/mol. The molecular formula is C45H59ClN6O2. The topological polar surface area (TPSA) is 115 Å². The first-order valence-electron chi connectivity index (χ1n) is 18.4. The number of nitriles is 1. The molecule has 0 aliphatic rings. The van der Waals surface area contributed by atoms with E-state index in [9.17, 15) is 4.79 Å². The smallest absolute Gasteiger partial charge is 0.213 e. The van der Waals surface area contributed by atoms with Crippen molar-refractivity contribution in [3.8, 4) is 11.9 Å². The van der Waals surface area contributed by atoms with Crippen LogP contribution in [0.3, 0.4) is 0 Å². The van der Waals surface area contributed by atoms with Gasteiger partial charge >= 0.3 is 0 Å². The van der Waals surface area contributed by atoms with Crippen LogP contribution in [0.15, 0.2) is 91.5 Å². The summed E-state index contributed by atoms with van der Waals surface area (Å²) in [6.45, 7) is 24.6. The van der Waals surface area contributed by atoms with Gasteiger partial charge in [0, 0.05) is 64.9 Å². The zero-order valence-electron chi connectivity index (χ0n) is 34.4. The number of pyridine rings is 5. The molecule has 9 heteroatoms. The van der Waals surface area contributed by atoms with E-state index in [0.717, 1.165) is 28.3 Å². The molecule has 5 aromatic heterocycles. The highest BCUT2D eigenvalue weighted by molar-refractivity contribution is 6.30. The van der Waals surface area contributed by atoms with Crippen molar-refractivity contribution in [1.82, 2.24) is 24.9 Å². The fourth-order valence-corrected chi connectivity index (χ4v) is 4.34. The lowest BCUT2D eigenvalue weighted by Crippen LogP contribution is -1.97. The molecule has 0 aliphatic carbocycles. The number of aromatic nitrogens is 5. The molecule has 8 nitrogen and oxygen atoms in total. The van der Waals surface area contributed by atoms with E-state index in [1.165, 1.54) is 11.3 Å². The SMILES string of the molecule is CC(=O)c1ccnc(C(C)C)c1.CC(C)c1cc(C#N)ccn1.CC(C)c1ccc(Cl)cn1.COc1cccc(C(C)C)n1.Cc1ccc(C(C)C)nc1. The molecule has 0 aromatic carbocycles. The number of Topliss-reactive ketones (excluding diaryl/α,β-unsaturated/α-hetero) is 1. The molecule has 5 rings (SSSR count). The van der Waals surface area contributed by atoms with Crippen LogP contribution < -0.4 is 4.74 Å². The molecule has 288 valence electrons. The van der Waals surface area contributed by atoms with E-state index in [1.54, 1.807) is 44.8 Å². The van der Waals surface area contributed by atoms with Gasteiger partial charge in [0.15, 0.2) is 5.78 Å². The largest absolute Gasteiger partial charge is 0.481 e. The maximum absolute atomic E-state index is 11.0. The van der Waals surface area contributed by atoms with Gasteiger partial charge in [0.25, 0.3) is 0 Å². The van der Waals surface area contributed by atoms with Gasteiger partial charge in [-0.05, 0) is 97.5 Å². The lowest BCUT2D eigenvalue weighted by Gasteiger charge is -2.04. The van der Waals surface area contributed by atoms with Crippen LogP contribution in [0.1, 0.15) is 156 Å². The molecule has 0 N–H and O–H groups in total. The van der Waals surface area contributed by atoms with Crippen molar-refractivity contribution in [2.75, 3.05) is 7.11 Å². The highest BCUT2D eigenvalue weighted by Crippen LogP contribution is 2.16. The maximum atomic E-state index is 11.0. The van der Waals surface area contributed by atoms with Crippen LogP contribution in [0.2, 0.25) is 5.02 Å². The minimum atomic E-state index is 0.0966. The summed E-state index contributed by atoms with van der Waals surface area (Å²) in [5, 5.41) is 9.26. The van der Waals surface area contributed by atoms with Crippen LogP contribution in [-0.2, 0) is 0 Å². The van der Waals surface area contributed by atoms with Crippen LogP contribution >= 0.6 is 11.6 Å². The molecule has 0 saturated heterocycles. The highest BCUT2D eigenvalue weighted by atomic mass is 35.5. The number of ketones is 1. The summed E-state index contributed by atoms with van der Waals surface area (Å²) >= 11 is 5.65. The second-order valence-electron chi connectivity index (χ2n) is 14.1. The van der Waals surface area contributed by atoms with Crippen molar-refractivity contribution in [1.29, 1.82) is 5.26 Å². The molecule has 5 heterocycles. The summed E-state index contributed by atoms with van der Waals surface area (Å²) < 4.78 is 4.99.